The van der Waals surface area contributed by atoms with Crippen LogP contribution in [0.2, 0.25) is 5.02 Å². The molecular formula is C11H11ClN4O2S2. The lowest BCUT2D eigenvalue weighted by Crippen LogP contribution is -2.24. The Morgan fingerprint density at radius 1 is 1.50 bits per heavy atom. The average Bonchev–Trinajstić information content (AvgIpc) is 2.89. The Kier molecular flexibility index (Phi) is 4.39. The number of rotatable bonds is 5. The number of benzene rings is 1. The number of hydrogen-bond donors (Lipinski definition) is 3. The Morgan fingerprint density at radius 3 is 2.85 bits per heavy atom. The minimum absolute atomic E-state index is 0.0658. The molecule has 0 aliphatic heterocycles. The smallest absolute Gasteiger partial charge is 0.242 e. The molecule has 0 fully saturated rings. The van der Waals surface area contributed by atoms with Crippen molar-refractivity contribution in [3.8, 4) is 0 Å². The molecule has 6 nitrogen and oxygen atoms in total. The van der Waals surface area contributed by atoms with Crippen molar-refractivity contribution in [3.05, 3.63) is 47.0 Å². The van der Waals surface area contributed by atoms with Gasteiger partial charge >= 0.3 is 0 Å². The van der Waals surface area contributed by atoms with Gasteiger partial charge in [0, 0.05) is 17.5 Å². The van der Waals surface area contributed by atoms with Crippen molar-refractivity contribution >= 4 is 38.8 Å². The number of nitrogens with one attached hydrogen (secondary N) is 2. The van der Waals surface area contributed by atoms with E-state index in [0.29, 0.717) is 11.3 Å². The number of sulfonamides is 1. The Hall–Kier alpha value is -1.48. The molecule has 0 aliphatic carbocycles. The zero-order chi connectivity index (χ0) is 14.8. The molecule has 9 heteroatoms. The van der Waals surface area contributed by atoms with E-state index in [9.17, 15) is 8.42 Å². The van der Waals surface area contributed by atoms with E-state index in [1.54, 1.807) is 6.07 Å². The summed E-state index contributed by atoms with van der Waals surface area (Å²) in [6.45, 7) is 0.0793. The summed E-state index contributed by atoms with van der Waals surface area (Å²) in [5.41, 5.74) is 6.56. The molecule has 0 atom stereocenters. The SMILES string of the molecule is NC(=S)c1ccc(Cl)c(S(=O)(=O)NCc2cnc[nH]2)c1. The van der Waals surface area contributed by atoms with Gasteiger partial charge in [0.1, 0.15) is 9.88 Å². The lowest BCUT2D eigenvalue weighted by atomic mass is 10.2. The van der Waals surface area contributed by atoms with Gasteiger partial charge in [0.15, 0.2) is 0 Å². The Balaban J connectivity index is 2.28. The van der Waals surface area contributed by atoms with Gasteiger partial charge in [-0.1, -0.05) is 29.9 Å². The predicted octanol–water partition coefficient (Wildman–Crippen LogP) is 1.18. The normalized spacial score (nSPS) is 11.4. The van der Waals surface area contributed by atoms with Gasteiger partial charge in [-0.15, -0.1) is 0 Å². The van der Waals surface area contributed by atoms with E-state index in [2.05, 4.69) is 14.7 Å². The molecule has 20 heavy (non-hydrogen) atoms. The minimum atomic E-state index is -3.77. The molecule has 2 rings (SSSR count). The molecule has 1 aromatic carbocycles. The number of halogens is 1. The highest BCUT2D eigenvalue weighted by atomic mass is 35.5. The molecule has 0 radical (unpaired) electrons. The van der Waals surface area contributed by atoms with Gasteiger partial charge in [-0.25, -0.2) is 18.1 Å². The highest BCUT2D eigenvalue weighted by Gasteiger charge is 2.19. The highest BCUT2D eigenvalue weighted by Crippen LogP contribution is 2.22. The van der Waals surface area contributed by atoms with E-state index < -0.39 is 10.0 Å². The van der Waals surface area contributed by atoms with Crippen molar-refractivity contribution < 1.29 is 8.42 Å². The summed E-state index contributed by atoms with van der Waals surface area (Å²) in [5, 5.41) is 0.0992. The first kappa shape index (κ1) is 14.9. The fourth-order valence-corrected chi connectivity index (χ4v) is 3.15. The van der Waals surface area contributed by atoms with Crippen LogP contribution in [0.15, 0.2) is 35.6 Å². The van der Waals surface area contributed by atoms with Crippen molar-refractivity contribution in [2.24, 2.45) is 5.73 Å². The van der Waals surface area contributed by atoms with Gasteiger partial charge in [0.05, 0.1) is 17.9 Å². The second-order valence-corrected chi connectivity index (χ2v) is 6.49. The standard InChI is InChI=1S/C11H11ClN4O2S2/c12-9-2-1-7(11(13)19)3-10(9)20(17,18)16-5-8-4-14-6-15-8/h1-4,6,16H,5H2,(H2,13,19)(H,14,15). The van der Waals surface area contributed by atoms with E-state index in [1.807, 2.05) is 0 Å². The first-order valence-electron chi connectivity index (χ1n) is 5.46. The summed E-state index contributed by atoms with van der Waals surface area (Å²) in [5.74, 6) is 0. The van der Waals surface area contributed by atoms with Crippen LogP contribution in [0.3, 0.4) is 0 Å². The van der Waals surface area contributed by atoms with Gasteiger partial charge < -0.3 is 10.7 Å². The number of thiocarbonyl (C=S) groups is 1. The molecule has 0 bridgehead atoms. The van der Waals surface area contributed by atoms with Crippen LogP contribution in [0.1, 0.15) is 11.3 Å². The lowest BCUT2D eigenvalue weighted by molar-refractivity contribution is 0.580. The first-order chi connectivity index (χ1) is 9.40. The fraction of sp³-hybridized carbons (Fsp3) is 0.0909. The third-order valence-corrected chi connectivity index (χ3v) is 4.63. The van der Waals surface area contributed by atoms with Gasteiger partial charge in [0.25, 0.3) is 0 Å². The van der Waals surface area contributed by atoms with Crippen LogP contribution in [0.4, 0.5) is 0 Å². The highest BCUT2D eigenvalue weighted by molar-refractivity contribution is 7.89. The van der Waals surface area contributed by atoms with Crippen LogP contribution in [0, 0.1) is 0 Å². The van der Waals surface area contributed by atoms with Crippen LogP contribution in [-0.2, 0) is 16.6 Å². The zero-order valence-electron chi connectivity index (χ0n) is 10.1. The third kappa shape index (κ3) is 3.34. The summed E-state index contributed by atoms with van der Waals surface area (Å²) in [6.07, 6.45) is 2.99. The molecule has 0 amide bonds. The van der Waals surface area contributed by atoms with Crippen molar-refractivity contribution in [2.45, 2.75) is 11.4 Å². The fourth-order valence-electron chi connectivity index (χ4n) is 1.49. The molecule has 0 spiro atoms. The van der Waals surface area contributed by atoms with E-state index in [1.165, 1.54) is 24.7 Å². The number of imidazole rings is 1. The van der Waals surface area contributed by atoms with Gasteiger partial charge in [-0.05, 0) is 12.1 Å². The quantitative estimate of drug-likeness (QED) is 0.715. The molecule has 1 aromatic heterocycles. The number of hydrogen-bond acceptors (Lipinski definition) is 4. The Bertz CT molecular complexity index is 729. The number of aromatic nitrogens is 2. The second kappa shape index (κ2) is 5.88. The summed E-state index contributed by atoms with van der Waals surface area (Å²) >= 11 is 10.7. The summed E-state index contributed by atoms with van der Waals surface area (Å²) in [7, 11) is -3.77. The minimum Gasteiger partial charge on any atom is -0.389 e. The molecule has 106 valence electrons. The number of nitrogens with zero attached hydrogens (tertiary/aromatic N) is 1. The maximum Gasteiger partial charge on any atom is 0.242 e. The van der Waals surface area contributed by atoms with Crippen LogP contribution in [-0.4, -0.2) is 23.4 Å². The summed E-state index contributed by atoms with van der Waals surface area (Å²) in [6, 6.07) is 4.36. The van der Waals surface area contributed by atoms with E-state index in [4.69, 9.17) is 29.6 Å². The third-order valence-electron chi connectivity index (χ3n) is 2.51. The zero-order valence-corrected chi connectivity index (χ0v) is 12.5. The van der Waals surface area contributed by atoms with Crippen LogP contribution < -0.4 is 10.5 Å². The van der Waals surface area contributed by atoms with Gasteiger partial charge in [-0.3, -0.25) is 0 Å². The van der Waals surface area contributed by atoms with E-state index >= 15 is 0 Å². The second-order valence-electron chi connectivity index (χ2n) is 3.91. The molecular weight excluding hydrogens is 320 g/mol. The molecule has 2 aromatic rings. The van der Waals surface area contributed by atoms with Crippen LogP contribution in [0.5, 0.6) is 0 Å². The van der Waals surface area contributed by atoms with Gasteiger partial charge in [0.2, 0.25) is 10.0 Å². The van der Waals surface area contributed by atoms with Gasteiger partial charge in [-0.2, -0.15) is 0 Å². The van der Waals surface area contributed by atoms with Crippen molar-refractivity contribution in [1.29, 1.82) is 0 Å². The average molecular weight is 331 g/mol. The molecule has 4 N–H and O–H groups in total. The maximum absolute atomic E-state index is 12.2. The maximum atomic E-state index is 12.2. The molecule has 0 saturated carbocycles. The van der Waals surface area contributed by atoms with E-state index in [0.717, 1.165) is 0 Å². The van der Waals surface area contributed by atoms with Crippen LogP contribution >= 0.6 is 23.8 Å². The summed E-state index contributed by atoms with van der Waals surface area (Å²) in [4.78, 5) is 6.63. The largest absolute Gasteiger partial charge is 0.389 e. The predicted molar refractivity (Wildman–Crippen MR) is 80.0 cm³/mol. The summed E-state index contributed by atoms with van der Waals surface area (Å²) < 4.78 is 26.8. The first-order valence-corrected chi connectivity index (χ1v) is 7.73. The van der Waals surface area contributed by atoms with Crippen molar-refractivity contribution in [1.82, 2.24) is 14.7 Å². The van der Waals surface area contributed by atoms with Crippen LogP contribution in [0.25, 0.3) is 0 Å². The number of H-pyrrole nitrogens is 1. The Labute approximate surface area is 126 Å². The lowest BCUT2D eigenvalue weighted by Gasteiger charge is -2.09. The number of aromatic amines is 1. The molecule has 0 unspecified atom stereocenters. The topological polar surface area (TPSA) is 101 Å². The van der Waals surface area contributed by atoms with E-state index in [-0.39, 0.29) is 21.5 Å². The molecule has 0 aliphatic rings. The number of nitrogens with two attached hydrogens (primary N) is 1. The Morgan fingerprint density at radius 2 is 2.25 bits per heavy atom. The monoisotopic (exact) mass is 330 g/mol. The van der Waals surface area contributed by atoms with Crippen molar-refractivity contribution in [2.75, 3.05) is 0 Å². The molecule has 1 heterocycles. The van der Waals surface area contributed by atoms with Crippen molar-refractivity contribution in [3.63, 3.8) is 0 Å². The molecule has 0 saturated heterocycles.